The summed E-state index contributed by atoms with van der Waals surface area (Å²) in [6.45, 7) is 6.22. The van der Waals surface area contributed by atoms with E-state index in [2.05, 4.69) is 23.8 Å². The second-order valence-electron chi connectivity index (χ2n) is 6.85. The molecule has 21 heavy (non-hydrogen) atoms. The lowest BCUT2D eigenvalue weighted by Gasteiger charge is -2.32. The molecule has 2 bridgehead atoms. The molecule has 5 heteroatoms. The van der Waals surface area contributed by atoms with Crippen molar-refractivity contribution in [3.05, 3.63) is 18.1 Å². The van der Waals surface area contributed by atoms with E-state index in [0.717, 1.165) is 12.8 Å². The van der Waals surface area contributed by atoms with Crippen LogP contribution in [0.25, 0.3) is 0 Å². The monoisotopic (exact) mass is 288 g/mol. The highest BCUT2D eigenvalue weighted by molar-refractivity contribution is 6.13. The number of rotatable bonds is 3. The topological polar surface area (TPSA) is 69.2 Å². The van der Waals surface area contributed by atoms with Crippen molar-refractivity contribution in [3.63, 3.8) is 0 Å². The van der Waals surface area contributed by atoms with Crippen molar-refractivity contribution in [2.45, 2.75) is 33.6 Å². The smallest absolute Gasteiger partial charge is 0.216 e. The van der Waals surface area contributed by atoms with Crippen LogP contribution in [0, 0.1) is 22.7 Å². The van der Waals surface area contributed by atoms with Crippen molar-refractivity contribution in [1.82, 2.24) is 9.97 Å². The molecule has 2 fully saturated rings. The van der Waals surface area contributed by atoms with Gasteiger partial charge in [0.25, 0.3) is 0 Å². The quantitative estimate of drug-likeness (QED) is 0.630. The van der Waals surface area contributed by atoms with E-state index in [0.29, 0.717) is 5.88 Å². The van der Waals surface area contributed by atoms with Gasteiger partial charge in [0.2, 0.25) is 5.88 Å². The molecule has 0 aromatic carbocycles. The molecule has 0 saturated heterocycles. The second kappa shape index (κ2) is 4.36. The molecule has 3 rings (SSSR count). The number of carbonyl (C=O) groups excluding carboxylic acids is 2. The lowest BCUT2D eigenvalue weighted by Crippen LogP contribution is -2.35. The maximum absolute atomic E-state index is 12.8. The SMILES string of the molecule is COc1cc(C(=O)C2C(=O)C3(C)CCC2C3(C)C)ncn1. The number of hydrogen-bond donors (Lipinski definition) is 0. The van der Waals surface area contributed by atoms with Crippen molar-refractivity contribution in [1.29, 1.82) is 0 Å². The fourth-order valence-corrected chi connectivity index (χ4v) is 4.13. The van der Waals surface area contributed by atoms with E-state index in [9.17, 15) is 9.59 Å². The lowest BCUT2D eigenvalue weighted by atomic mass is 9.70. The van der Waals surface area contributed by atoms with Gasteiger partial charge in [0, 0.05) is 11.5 Å². The molecule has 1 aromatic heterocycles. The number of ketones is 2. The molecule has 5 nitrogen and oxygen atoms in total. The molecular formula is C16H20N2O3. The van der Waals surface area contributed by atoms with E-state index in [-0.39, 0.29) is 28.6 Å². The number of ether oxygens (including phenoxy) is 1. The zero-order chi connectivity index (χ0) is 15.4. The van der Waals surface area contributed by atoms with Crippen molar-refractivity contribution < 1.29 is 14.3 Å². The third-order valence-electron chi connectivity index (χ3n) is 5.92. The normalized spacial score (nSPS) is 33.2. The van der Waals surface area contributed by atoms with Crippen molar-refractivity contribution in [3.8, 4) is 5.88 Å². The number of carbonyl (C=O) groups is 2. The molecule has 112 valence electrons. The zero-order valence-corrected chi connectivity index (χ0v) is 12.8. The van der Waals surface area contributed by atoms with Gasteiger partial charge in [-0.1, -0.05) is 20.8 Å². The summed E-state index contributed by atoms with van der Waals surface area (Å²) >= 11 is 0. The van der Waals surface area contributed by atoms with Crippen LogP contribution in [0.1, 0.15) is 44.1 Å². The maximum Gasteiger partial charge on any atom is 0.216 e. The summed E-state index contributed by atoms with van der Waals surface area (Å²) in [5, 5.41) is 0. The molecule has 2 aliphatic carbocycles. The number of Topliss-reactive ketones (excluding diaryl/α,β-unsaturated/α-hetero) is 2. The number of hydrogen-bond acceptors (Lipinski definition) is 5. The molecule has 3 atom stereocenters. The van der Waals surface area contributed by atoms with Gasteiger partial charge >= 0.3 is 0 Å². The molecule has 2 aliphatic rings. The van der Waals surface area contributed by atoms with E-state index in [4.69, 9.17) is 4.74 Å². The van der Waals surface area contributed by atoms with Crippen molar-refractivity contribution in [2.24, 2.45) is 22.7 Å². The molecular weight excluding hydrogens is 268 g/mol. The summed E-state index contributed by atoms with van der Waals surface area (Å²) in [6.07, 6.45) is 3.10. The van der Waals surface area contributed by atoms with Gasteiger partial charge < -0.3 is 4.74 Å². The minimum Gasteiger partial charge on any atom is -0.481 e. The zero-order valence-electron chi connectivity index (χ0n) is 12.8. The van der Waals surface area contributed by atoms with E-state index < -0.39 is 11.3 Å². The van der Waals surface area contributed by atoms with E-state index >= 15 is 0 Å². The molecule has 0 amide bonds. The fraction of sp³-hybridized carbons (Fsp3) is 0.625. The van der Waals surface area contributed by atoms with Gasteiger partial charge in [-0.05, 0) is 24.2 Å². The fourth-order valence-electron chi connectivity index (χ4n) is 4.13. The Bertz CT molecular complexity index is 626. The predicted molar refractivity (Wildman–Crippen MR) is 76.0 cm³/mol. The molecule has 2 saturated carbocycles. The maximum atomic E-state index is 12.8. The minimum absolute atomic E-state index is 0.0753. The van der Waals surface area contributed by atoms with Crippen LogP contribution in [0.4, 0.5) is 0 Å². The average Bonchev–Trinajstić information content (AvgIpc) is 2.79. The van der Waals surface area contributed by atoms with Gasteiger partial charge in [0.15, 0.2) is 5.78 Å². The van der Waals surface area contributed by atoms with Gasteiger partial charge in [-0.15, -0.1) is 0 Å². The summed E-state index contributed by atoms with van der Waals surface area (Å²) in [6, 6.07) is 1.51. The van der Waals surface area contributed by atoms with Crippen LogP contribution in [0.3, 0.4) is 0 Å². The summed E-state index contributed by atoms with van der Waals surface area (Å²) in [4.78, 5) is 33.5. The molecule has 1 aromatic rings. The van der Waals surface area contributed by atoms with Crippen molar-refractivity contribution >= 4 is 11.6 Å². The first kappa shape index (κ1) is 14.2. The highest BCUT2D eigenvalue weighted by atomic mass is 16.5. The van der Waals surface area contributed by atoms with Gasteiger partial charge in [0.1, 0.15) is 17.8 Å². The number of nitrogens with zero attached hydrogens (tertiary/aromatic N) is 2. The molecule has 3 unspecified atom stereocenters. The highest BCUT2D eigenvalue weighted by Gasteiger charge is 2.67. The van der Waals surface area contributed by atoms with Crippen LogP contribution >= 0.6 is 0 Å². The molecule has 0 radical (unpaired) electrons. The minimum atomic E-state index is -0.571. The Labute approximate surface area is 124 Å². The molecule has 0 spiro atoms. The third-order valence-corrected chi connectivity index (χ3v) is 5.92. The van der Waals surface area contributed by atoms with Crippen LogP contribution in [0.5, 0.6) is 5.88 Å². The number of fused-ring (bicyclic) bond motifs is 2. The molecule has 0 N–H and O–H groups in total. The Morgan fingerprint density at radius 1 is 1.33 bits per heavy atom. The highest BCUT2D eigenvalue weighted by Crippen LogP contribution is 2.66. The summed E-state index contributed by atoms with van der Waals surface area (Å²) in [7, 11) is 1.49. The lowest BCUT2D eigenvalue weighted by molar-refractivity contribution is -0.130. The standard InChI is InChI=1S/C16H20N2O3/c1-15(2)9-5-6-16(15,3)14(20)12(9)13(19)10-7-11(21-4)18-8-17-10/h7-9,12H,5-6H2,1-4H3. The predicted octanol–water partition coefficient (Wildman–Crippen LogP) is 2.31. The Balaban J connectivity index is 1.98. The first-order valence-electron chi connectivity index (χ1n) is 7.27. The Morgan fingerprint density at radius 2 is 2.05 bits per heavy atom. The molecule has 1 heterocycles. The van der Waals surface area contributed by atoms with Gasteiger partial charge in [-0.2, -0.15) is 0 Å². The van der Waals surface area contributed by atoms with Gasteiger partial charge in [0.05, 0.1) is 13.0 Å². The number of aromatic nitrogens is 2. The van der Waals surface area contributed by atoms with Crippen LogP contribution in [0.15, 0.2) is 12.4 Å². The summed E-state index contributed by atoms with van der Waals surface area (Å²) in [5.41, 5.74) is -0.261. The number of methoxy groups -OCH3 is 1. The van der Waals surface area contributed by atoms with E-state index in [1.165, 1.54) is 19.5 Å². The first-order valence-corrected chi connectivity index (χ1v) is 7.27. The van der Waals surface area contributed by atoms with Crippen LogP contribution in [-0.2, 0) is 4.79 Å². The Morgan fingerprint density at radius 3 is 2.62 bits per heavy atom. The second-order valence-corrected chi connectivity index (χ2v) is 6.85. The average molecular weight is 288 g/mol. The van der Waals surface area contributed by atoms with Crippen LogP contribution < -0.4 is 4.74 Å². The van der Waals surface area contributed by atoms with Gasteiger partial charge in [-0.3, -0.25) is 9.59 Å². The Hall–Kier alpha value is -1.78. The largest absolute Gasteiger partial charge is 0.481 e. The molecule has 0 aliphatic heterocycles. The van der Waals surface area contributed by atoms with Gasteiger partial charge in [-0.25, -0.2) is 9.97 Å². The van der Waals surface area contributed by atoms with Crippen molar-refractivity contribution in [2.75, 3.05) is 7.11 Å². The summed E-state index contributed by atoms with van der Waals surface area (Å²) in [5.74, 6) is -0.246. The van der Waals surface area contributed by atoms with Crippen LogP contribution in [0.2, 0.25) is 0 Å². The van der Waals surface area contributed by atoms with E-state index in [1.54, 1.807) is 0 Å². The first-order chi connectivity index (χ1) is 9.83. The van der Waals surface area contributed by atoms with Crippen LogP contribution in [-0.4, -0.2) is 28.6 Å². The third kappa shape index (κ3) is 1.69. The summed E-state index contributed by atoms with van der Waals surface area (Å²) < 4.78 is 5.03. The van der Waals surface area contributed by atoms with E-state index in [1.807, 2.05) is 6.92 Å². The Kier molecular flexibility index (Phi) is 2.94.